The Kier molecular flexibility index (Phi) is 5.05. The number of hydrogen-bond acceptors (Lipinski definition) is 4. The van der Waals surface area contributed by atoms with E-state index in [0.717, 1.165) is 0 Å². The van der Waals surface area contributed by atoms with Crippen molar-refractivity contribution in [3.05, 3.63) is 59.9 Å². The number of amides is 1. The van der Waals surface area contributed by atoms with E-state index in [1.165, 1.54) is 49.5 Å². The van der Waals surface area contributed by atoms with Crippen LogP contribution in [0.25, 0.3) is 0 Å². The molecule has 0 bridgehead atoms. The van der Waals surface area contributed by atoms with E-state index in [2.05, 4.69) is 5.32 Å². The monoisotopic (exact) mass is 312 g/mol. The van der Waals surface area contributed by atoms with Gasteiger partial charge < -0.3 is 10.1 Å². The van der Waals surface area contributed by atoms with E-state index < -0.39 is 23.4 Å². The van der Waals surface area contributed by atoms with E-state index in [1.807, 2.05) is 0 Å². The second kappa shape index (κ2) is 7.18. The maximum atomic E-state index is 13.1. The number of carbonyl (C=O) groups is 2. The quantitative estimate of drug-likeness (QED) is 0.680. The fraction of sp³-hybridized carbons (Fsp3) is 0.118. The summed E-state index contributed by atoms with van der Waals surface area (Å²) in [6, 6.07) is 13.2. The Morgan fingerprint density at radius 3 is 2.43 bits per heavy atom. The molecule has 0 saturated heterocycles. The molecule has 0 unspecified atom stereocenters. The topological polar surface area (TPSA) is 79.2 Å². The minimum absolute atomic E-state index is 0.215. The summed E-state index contributed by atoms with van der Waals surface area (Å²) in [4.78, 5) is 23.6. The predicted molar refractivity (Wildman–Crippen MR) is 80.4 cm³/mol. The minimum atomic E-state index is -1.39. The first kappa shape index (κ1) is 16.2. The van der Waals surface area contributed by atoms with Gasteiger partial charge in [0, 0.05) is 18.7 Å². The zero-order valence-corrected chi connectivity index (χ0v) is 12.2. The van der Waals surface area contributed by atoms with E-state index in [4.69, 9.17) is 10.00 Å². The molecule has 0 aliphatic rings. The van der Waals surface area contributed by atoms with Crippen LogP contribution >= 0.6 is 0 Å². The molecule has 6 heteroatoms. The third-order valence-corrected chi connectivity index (χ3v) is 3.07. The fourth-order valence-electron chi connectivity index (χ4n) is 1.90. The summed E-state index contributed by atoms with van der Waals surface area (Å²) in [5, 5.41) is 11.2. The number of rotatable bonds is 5. The number of nitrogens with zero attached hydrogens (tertiary/aromatic N) is 1. The Hall–Kier alpha value is -3.20. The number of ketones is 1. The molecule has 0 fully saturated rings. The van der Waals surface area contributed by atoms with Crippen molar-refractivity contribution in [2.75, 3.05) is 7.05 Å². The van der Waals surface area contributed by atoms with Crippen LogP contribution in [0.15, 0.2) is 48.5 Å². The van der Waals surface area contributed by atoms with Gasteiger partial charge in [0.05, 0.1) is 6.07 Å². The molecule has 23 heavy (non-hydrogen) atoms. The Bertz CT molecular complexity index is 766. The molecule has 2 rings (SSSR count). The van der Waals surface area contributed by atoms with Crippen LogP contribution in [0.2, 0.25) is 0 Å². The fourth-order valence-corrected chi connectivity index (χ4v) is 1.90. The zero-order valence-electron chi connectivity index (χ0n) is 12.2. The normalized spacial score (nSPS) is 11.2. The van der Waals surface area contributed by atoms with E-state index in [0.29, 0.717) is 11.5 Å². The Labute approximate surface area is 132 Å². The number of Topliss-reactive ketones (excluding diaryl/α,β-unsaturated/α-hetero) is 1. The lowest BCUT2D eigenvalue weighted by Gasteiger charge is -2.08. The average Bonchev–Trinajstić information content (AvgIpc) is 2.56. The van der Waals surface area contributed by atoms with Crippen LogP contribution in [0.1, 0.15) is 10.4 Å². The van der Waals surface area contributed by atoms with Crippen molar-refractivity contribution < 1.29 is 18.7 Å². The van der Waals surface area contributed by atoms with Crippen molar-refractivity contribution in [3.8, 4) is 17.6 Å². The maximum Gasteiger partial charge on any atom is 0.245 e. The Balaban J connectivity index is 2.14. The molecule has 0 radical (unpaired) electrons. The number of nitriles is 1. The number of ether oxygens (including phenoxy) is 1. The van der Waals surface area contributed by atoms with Crippen molar-refractivity contribution >= 4 is 11.7 Å². The maximum absolute atomic E-state index is 13.1. The molecule has 0 spiro atoms. The van der Waals surface area contributed by atoms with Gasteiger partial charge in [0.2, 0.25) is 5.91 Å². The molecule has 0 saturated carbocycles. The first-order valence-corrected chi connectivity index (χ1v) is 6.74. The average molecular weight is 312 g/mol. The van der Waals surface area contributed by atoms with Crippen LogP contribution in [0.3, 0.4) is 0 Å². The third kappa shape index (κ3) is 3.92. The van der Waals surface area contributed by atoms with E-state index >= 15 is 0 Å². The number of carbonyl (C=O) groups excluding carboxylic acids is 2. The molecular formula is C17H13FN2O3. The van der Waals surface area contributed by atoms with Gasteiger partial charge in [-0.1, -0.05) is 6.07 Å². The molecule has 0 aliphatic carbocycles. The summed E-state index contributed by atoms with van der Waals surface area (Å²) < 4.78 is 18.5. The Morgan fingerprint density at radius 2 is 1.87 bits per heavy atom. The molecule has 116 valence electrons. The van der Waals surface area contributed by atoms with Gasteiger partial charge in [-0.2, -0.15) is 5.26 Å². The molecule has 0 aromatic heterocycles. The highest BCUT2D eigenvalue weighted by molar-refractivity contribution is 6.12. The van der Waals surface area contributed by atoms with Crippen molar-refractivity contribution in [3.63, 3.8) is 0 Å². The molecule has 2 aromatic rings. The second-order valence-electron chi connectivity index (χ2n) is 4.62. The zero-order chi connectivity index (χ0) is 16.8. The van der Waals surface area contributed by atoms with Gasteiger partial charge in [-0.15, -0.1) is 0 Å². The van der Waals surface area contributed by atoms with Crippen molar-refractivity contribution in [1.82, 2.24) is 5.32 Å². The summed E-state index contributed by atoms with van der Waals surface area (Å²) in [6.07, 6.45) is 0. The molecule has 2 aromatic carbocycles. The van der Waals surface area contributed by atoms with Crippen LogP contribution in [0, 0.1) is 23.1 Å². The van der Waals surface area contributed by atoms with Crippen molar-refractivity contribution in [1.29, 1.82) is 5.26 Å². The van der Waals surface area contributed by atoms with Gasteiger partial charge in [-0.25, -0.2) is 4.39 Å². The van der Waals surface area contributed by atoms with Gasteiger partial charge in [0.15, 0.2) is 11.7 Å². The highest BCUT2D eigenvalue weighted by Gasteiger charge is 2.26. The first-order chi connectivity index (χ1) is 11.0. The molecule has 0 heterocycles. The summed E-state index contributed by atoms with van der Waals surface area (Å²) >= 11 is 0. The van der Waals surface area contributed by atoms with Gasteiger partial charge >= 0.3 is 0 Å². The van der Waals surface area contributed by atoms with E-state index in [-0.39, 0.29) is 5.56 Å². The SMILES string of the molecule is CNC(=O)[C@@H](C#N)C(=O)c1ccc(Oc2cccc(F)c2)cc1. The second-order valence-corrected chi connectivity index (χ2v) is 4.62. The lowest BCUT2D eigenvalue weighted by Crippen LogP contribution is -2.32. The highest BCUT2D eigenvalue weighted by Crippen LogP contribution is 2.23. The van der Waals surface area contributed by atoms with Crippen LogP contribution in [-0.2, 0) is 4.79 Å². The minimum Gasteiger partial charge on any atom is -0.457 e. The van der Waals surface area contributed by atoms with Crippen LogP contribution in [0.5, 0.6) is 11.5 Å². The smallest absolute Gasteiger partial charge is 0.245 e. The number of benzene rings is 2. The summed E-state index contributed by atoms with van der Waals surface area (Å²) in [6.45, 7) is 0. The predicted octanol–water partition coefficient (Wildman–Crippen LogP) is 2.69. The highest BCUT2D eigenvalue weighted by atomic mass is 19.1. The van der Waals surface area contributed by atoms with E-state index in [1.54, 1.807) is 12.1 Å². The molecule has 0 aliphatic heterocycles. The van der Waals surface area contributed by atoms with Gasteiger partial charge in [0.1, 0.15) is 17.3 Å². The standard InChI is InChI=1S/C17H13FN2O3/c1-20-17(22)15(10-19)16(21)11-5-7-13(8-6-11)23-14-4-2-3-12(18)9-14/h2-9,15H,1H3,(H,20,22)/t15-/m0/s1. The number of nitrogens with one attached hydrogen (secondary N) is 1. The summed E-state index contributed by atoms with van der Waals surface area (Å²) in [5.74, 6) is -2.33. The van der Waals surface area contributed by atoms with Crippen LogP contribution in [0.4, 0.5) is 4.39 Å². The van der Waals surface area contributed by atoms with Crippen molar-refractivity contribution in [2.24, 2.45) is 5.92 Å². The lowest BCUT2D eigenvalue weighted by atomic mass is 9.98. The van der Waals surface area contributed by atoms with Crippen LogP contribution < -0.4 is 10.1 Å². The van der Waals surface area contributed by atoms with Gasteiger partial charge in [0.25, 0.3) is 0 Å². The molecule has 1 atom stereocenters. The lowest BCUT2D eigenvalue weighted by molar-refractivity contribution is -0.121. The molecule has 5 nitrogen and oxygen atoms in total. The summed E-state index contributed by atoms with van der Waals surface area (Å²) in [5.41, 5.74) is 0.215. The third-order valence-electron chi connectivity index (χ3n) is 3.07. The molecule has 1 amide bonds. The molecular weight excluding hydrogens is 299 g/mol. The molecule has 1 N–H and O–H groups in total. The number of hydrogen-bond donors (Lipinski definition) is 1. The Morgan fingerprint density at radius 1 is 1.17 bits per heavy atom. The largest absolute Gasteiger partial charge is 0.457 e. The van der Waals surface area contributed by atoms with Crippen LogP contribution in [-0.4, -0.2) is 18.7 Å². The first-order valence-electron chi connectivity index (χ1n) is 6.74. The van der Waals surface area contributed by atoms with Gasteiger partial charge in [-0.05, 0) is 36.4 Å². The summed E-state index contributed by atoms with van der Waals surface area (Å²) in [7, 11) is 1.36. The van der Waals surface area contributed by atoms with Crippen molar-refractivity contribution in [2.45, 2.75) is 0 Å². The number of halogens is 1. The van der Waals surface area contributed by atoms with Gasteiger partial charge in [-0.3, -0.25) is 9.59 Å². The van der Waals surface area contributed by atoms with E-state index in [9.17, 15) is 14.0 Å².